The highest BCUT2D eigenvalue weighted by Crippen LogP contribution is 2.27. The number of hydrogen-bond acceptors (Lipinski definition) is 4. The molecule has 0 unspecified atom stereocenters. The summed E-state index contributed by atoms with van der Waals surface area (Å²) in [5, 5.41) is 1.08. The highest BCUT2D eigenvalue weighted by molar-refractivity contribution is 6.42. The molecule has 4 nitrogen and oxygen atoms in total. The minimum absolute atomic E-state index is 0.182. The second-order valence-electron chi connectivity index (χ2n) is 3.24. The van der Waals surface area contributed by atoms with Gasteiger partial charge in [-0.1, -0.05) is 23.2 Å². The zero-order chi connectivity index (χ0) is 12.6. The molecule has 0 spiro atoms. The van der Waals surface area contributed by atoms with E-state index in [1.165, 1.54) is 25.3 Å². The van der Waals surface area contributed by atoms with E-state index in [-0.39, 0.29) is 16.2 Å². The maximum atomic E-state index is 11.5. The van der Waals surface area contributed by atoms with Crippen LogP contribution in [-0.2, 0) is 4.74 Å². The first-order chi connectivity index (χ1) is 8.02. The molecule has 1 heterocycles. The van der Waals surface area contributed by atoms with E-state index >= 15 is 0 Å². The van der Waals surface area contributed by atoms with Crippen LogP contribution in [0.4, 0.5) is 0 Å². The minimum Gasteiger partial charge on any atom is -0.465 e. The quantitative estimate of drug-likeness (QED) is 0.592. The third kappa shape index (κ3) is 2.14. The van der Waals surface area contributed by atoms with Crippen molar-refractivity contribution < 1.29 is 13.9 Å². The largest absolute Gasteiger partial charge is 0.465 e. The molecule has 0 radical (unpaired) electrons. The van der Waals surface area contributed by atoms with Gasteiger partial charge in [-0.3, -0.25) is 0 Å². The van der Waals surface area contributed by atoms with Crippen molar-refractivity contribution in [3.8, 4) is 0 Å². The van der Waals surface area contributed by atoms with Gasteiger partial charge in [0.15, 0.2) is 0 Å². The molecule has 0 aliphatic rings. The lowest BCUT2D eigenvalue weighted by Gasteiger charge is -2.02. The molecule has 0 fully saturated rings. The monoisotopic (exact) mass is 272 g/mol. The van der Waals surface area contributed by atoms with Crippen molar-refractivity contribution >= 4 is 40.1 Å². The summed E-state index contributed by atoms with van der Waals surface area (Å²) in [6, 6.07) is 4.28. The number of carbonyl (C=O) groups excluding carboxylic acids is 1. The van der Waals surface area contributed by atoms with Gasteiger partial charge in [-0.05, 0) is 12.1 Å². The van der Waals surface area contributed by atoms with Crippen molar-refractivity contribution in [2.75, 3.05) is 7.11 Å². The van der Waals surface area contributed by atoms with Crippen LogP contribution in [0.3, 0.4) is 0 Å². The molecule has 88 valence electrons. The van der Waals surface area contributed by atoms with Gasteiger partial charge in [0.2, 0.25) is 0 Å². The van der Waals surface area contributed by atoms with E-state index in [1.54, 1.807) is 0 Å². The van der Waals surface area contributed by atoms with Gasteiger partial charge in [-0.25, -0.2) is 9.59 Å². The predicted octanol–water partition coefficient (Wildman–Crippen LogP) is 2.89. The van der Waals surface area contributed by atoms with Crippen molar-refractivity contribution in [2.24, 2.45) is 0 Å². The van der Waals surface area contributed by atoms with Crippen LogP contribution in [0, 0.1) is 0 Å². The van der Waals surface area contributed by atoms with Gasteiger partial charge in [-0.15, -0.1) is 0 Å². The van der Waals surface area contributed by atoms with Crippen molar-refractivity contribution in [1.29, 1.82) is 0 Å². The number of fused-ring (bicyclic) bond motifs is 1. The Hall–Kier alpha value is -1.52. The number of hydrogen-bond donors (Lipinski definition) is 0. The van der Waals surface area contributed by atoms with Crippen LogP contribution >= 0.6 is 23.2 Å². The molecular formula is C11H6Cl2O4. The highest BCUT2D eigenvalue weighted by atomic mass is 35.5. The van der Waals surface area contributed by atoms with Crippen LogP contribution in [0.15, 0.2) is 27.4 Å². The van der Waals surface area contributed by atoms with Crippen molar-refractivity contribution in [2.45, 2.75) is 0 Å². The fourth-order valence-electron chi connectivity index (χ4n) is 1.37. The molecule has 17 heavy (non-hydrogen) atoms. The molecule has 0 amide bonds. The van der Waals surface area contributed by atoms with Gasteiger partial charge in [0.1, 0.15) is 11.1 Å². The molecule has 0 bridgehead atoms. The Bertz CT molecular complexity index is 660. The van der Waals surface area contributed by atoms with E-state index in [9.17, 15) is 9.59 Å². The Balaban J connectivity index is 2.76. The lowest BCUT2D eigenvalue weighted by molar-refractivity contribution is 0.0596. The first-order valence-corrected chi connectivity index (χ1v) is 5.29. The van der Waals surface area contributed by atoms with Gasteiger partial charge in [0.25, 0.3) is 0 Å². The zero-order valence-electron chi connectivity index (χ0n) is 8.62. The molecule has 0 saturated carbocycles. The first kappa shape index (κ1) is 12.0. The summed E-state index contributed by atoms with van der Waals surface area (Å²) in [6.45, 7) is 0. The van der Waals surface area contributed by atoms with E-state index in [1.807, 2.05) is 0 Å². The number of rotatable bonds is 1. The summed E-state index contributed by atoms with van der Waals surface area (Å²) in [4.78, 5) is 22.8. The van der Waals surface area contributed by atoms with Crippen molar-refractivity contribution in [1.82, 2.24) is 0 Å². The average Bonchev–Trinajstić information content (AvgIpc) is 2.30. The smallest absolute Gasteiger partial charge is 0.351 e. The number of esters is 1. The Kier molecular flexibility index (Phi) is 3.09. The standard InChI is InChI=1S/C11H6Cl2O4/c1-16-10(14)6-2-5-3-7(12)8(13)4-9(5)17-11(6)15/h2-4H,1H3. The molecule has 2 rings (SSSR count). The van der Waals surface area contributed by atoms with Gasteiger partial charge in [0, 0.05) is 11.5 Å². The molecule has 2 aromatic rings. The van der Waals surface area contributed by atoms with Crippen LogP contribution in [-0.4, -0.2) is 13.1 Å². The van der Waals surface area contributed by atoms with E-state index in [2.05, 4.69) is 4.74 Å². The van der Waals surface area contributed by atoms with E-state index in [4.69, 9.17) is 27.6 Å². The Morgan fingerprint density at radius 2 is 1.88 bits per heavy atom. The summed E-state index contributed by atoms with van der Waals surface area (Å²) in [5.74, 6) is -0.758. The number of benzene rings is 1. The summed E-state index contributed by atoms with van der Waals surface area (Å²) in [5.41, 5.74) is -0.696. The number of carbonyl (C=O) groups is 1. The lowest BCUT2D eigenvalue weighted by atomic mass is 10.2. The van der Waals surface area contributed by atoms with E-state index in [0.29, 0.717) is 10.4 Å². The molecule has 1 aromatic carbocycles. The Labute approximate surface area is 106 Å². The third-order valence-corrected chi connectivity index (χ3v) is 2.90. The fraction of sp³-hybridized carbons (Fsp3) is 0.0909. The summed E-state index contributed by atoms with van der Waals surface area (Å²) in [7, 11) is 1.18. The molecule has 6 heteroatoms. The van der Waals surface area contributed by atoms with Gasteiger partial charge < -0.3 is 9.15 Å². The summed E-state index contributed by atoms with van der Waals surface area (Å²) < 4.78 is 9.41. The summed E-state index contributed by atoms with van der Waals surface area (Å²) in [6.07, 6.45) is 0. The second kappa shape index (κ2) is 4.39. The van der Waals surface area contributed by atoms with Crippen molar-refractivity contribution in [3.63, 3.8) is 0 Å². The Morgan fingerprint density at radius 1 is 1.24 bits per heavy atom. The van der Waals surface area contributed by atoms with Gasteiger partial charge >= 0.3 is 11.6 Å². The molecule has 1 aromatic heterocycles. The fourth-order valence-corrected chi connectivity index (χ4v) is 1.69. The predicted molar refractivity (Wildman–Crippen MR) is 63.8 cm³/mol. The molecular weight excluding hydrogens is 267 g/mol. The van der Waals surface area contributed by atoms with Gasteiger partial charge in [-0.2, -0.15) is 0 Å². The van der Waals surface area contributed by atoms with Crippen LogP contribution in [0.5, 0.6) is 0 Å². The highest BCUT2D eigenvalue weighted by Gasteiger charge is 2.14. The minimum atomic E-state index is -0.775. The SMILES string of the molecule is COC(=O)c1cc2cc(Cl)c(Cl)cc2oc1=O. The topological polar surface area (TPSA) is 56.5 Å². The molecule has 0 saturated heterocycles. The zero-order valence-corrected chi connectivity index (χ0v) is 10.1. The van der Waals surface area contributed by atoms with E-state index in [0.717, 1.165) is 0 Å². The number of methoxy groups -OCH3 is 1. The molecule has 0 aliphatic carbocycles. The molecule has 0 aliphatic heterocycles. The van der Waals surface area contributed by atoms with Gasteiger partial charge in [0.05, 0.1) is 17.2 Å². The first-order valence-electron chi connectivity index (χ1n) is 4.54. The van der Waals surface area contributed by atoms with Crippen LogP contribution in [0.25, 0.3) is 11.0 Å². The van der Waals surface area contributed by atoms with E-state index < -0.39 is 11.6 Å². The number of halogens is 2. The third-order valence-electron chi connectivity index (χ3n) is 2.18. The number of ether oxygens (including phenoxy) is 1. The molecule has 0 N–H and O–H groups in total. The normalized spacial score (nSPS) is 10.5. The van der Waals surface area contributed by atoms with Crippen molar-refractivity contribution in [3.05, 3.63) is 44.2 Å². The maximum absolute atomic E-state index is 11.5. The lowest BCUT2D eigenvalue weighted by Crippen LogP contribution is -2.14. The maximum Gasteiger partial charge on any atom is 0.351 e. The van der Waals surface area contributed by atoms with Crippen LogP contribution in [0.1, 0.15) is 10.4 Å². The van der Waals surface area contributed by atoms with Crippen LogP contribution in [0.2, 0.25) is 10.0 Å². The average molecular weight is 273 g/mol. The Morgan fingerprint density at radius 3 is 2.53 bits per heavy atom. The summed E-state index contributed by atoms with van der Waals surface area (Å²) >= 11 is 11.6. The second-order valence-corrected chi connectivity index (χ2v) is 4.06. The van der Waals surface area contributed by atoms with Crippen LogP contribution < -0.4 is 5.63 Å². The molecule has 0 atom stereocenters.